The number of carbonyl (C=O) groups is 2. The van der Waals surface area contributed by atoms with E-state index in [9.17, 15) is 27.9 Å². The predicted octanol–water partition coefficient (Wildman–Crippen LogP) is 2.92. The van der Waals surface area contributed by atoms with E-state index in [2.05, 4.69) is 0 Å². The maximum absolute atomic E-state index is 12.2. The molecule has 0 aliphatic rings. The molecular weight excluding hydrogens is 313 g/mol. The summed E-state index contributed by atoms with van der Waals surface area (Å²) < 4.78 is 38.0. The first-order chi connectivity index (χ1) is 10.7. The summed E-state index contributed by atoms with van der Waals surface area (Å²) >= 11 is 0. The van der Waals surface area contributed by atoms with Gasteiger partial charge in [-0.05, 0) is 25.1 Å². The number of alkyl halides is 3. The number of hydrogen-bond acceptors (Lipinski definition) is 3. The number of hydrogen-bond donors (Lipinski definition) is 2. The largest absolute Gasteiger partial charge is 0.506 e. The molecule has 5 nitrogen and oxygen atoms in total. The number of fused-ring (bicyclic) bond motifs is 1. The number of halogens is 3. The van der Waals surface area contributed by atoms with Crippen molar-refractivity contribution in [1.82, 2.24) is 9.72 Å². The summed E-state index contributed by atoms with van der Waals surface area (Å²) in [5.41, 5.74) is 0.207. The zero-order valence-corrected chi connectivity index (χ0v) is 12.8. The first kappa shape index (κ1) is 18.5. The number of nitrogens with zero attached hydrogens (tertiary/aromatic N) is 1. The molecule has 8 heteroatoms. The van der Waals surface area contributed by atoms with Crippen LogP contribution in [0.15, 0.2) is 30.6 Å². The second kappa shape index (κ2) is 7.17. The van der Waals surface area contributed by atoms with Gasteiger partial charge in [0.2, 0.25) is 0 Å². The molecule has 2 aromatic rings. The van der Waals surface area contributed by atoms with Crippen molar-refractivity contribution in [3.05, 3.63) is 36.2 Å². The molecule has 1 atom stereocenters. The van der Waals surface area contributed by atoms with Gasteiger partial charge in [-0.25, -0.2) is 0 Å². The number of amides is 1. The molecule has 0 aromatic carbocycles. The normalized spacial score (nSPS) is 12.3. The number of Topliss-reactive ketones (excluding diaryl/α,β-unsaturated/α-hetero) is 1. The summed E-state index contributed by atoms with van der Waals surface area (Å²) in [6.07, 6.45) is -2.00. The highest BCUT2D eigenvalue weighted by atomic mass is 19.4. The number of aromatic nitrogens is 1. The predicted molar refractivity (Wildman–Crippen MR) is 78.4 cm³/mol. The van der Waals surface area contributed by atoms with Gasteiger partial charge in [0.1, 0.15) is 5.75 Å². The molecule has 2 rings (SSSR count). The quantitative estimate of drug-likeness (QED) is 0.850. The molecule has 23 heavy (non-hydrogen) atoms. The summed E-state index contributed by atoms with van der Waals surface area (Å²) in [5, 5.41) is 11.3. The average molecular weight is 330 g/mol. The van der Waals surface area contributed by atoms with Crippen molar-refractivity contribution in [2.45, 2.75) is 33.0 Å². The third-order valence-corrected chi connectivity index (χ3v) is 2.92. The molecule has 1 unspecified atom stereocenters. The molecule has 0 saturated carbocycles. The van der Waals surface area contributed by atoms with Gasteiger partial charge in [-0.1, -0.05) is 13.8 Å². The van der Waals surface area contributed by atoms with Gasteiger partial charge in [0.25, 0.3) is 0 Å². The molecule has 1 amide bonds. The molecular formula is C15H17F3N2O3. The Kier molecular flexibility index (Phi) is 5.78. The minimum atomic E-state index is -5.06. The van der Waals surface area contributed by atoms with Crippen LogP contribution in [0, 0.1) is 0 Å². The molecule has 0 radical (unpaired) electrons. The van der Waals surface area contributed by atoms with Crippen molar-refractivity contribution in [2.24, 2.45) is 0 Å². The van der Waals surface area contributed by atoms with Gasteiger partial charge in [-0.2, -0.15) is 13.2 Å². The fourth-order valence-corrected chi connectivity index (χ4v) is 1.92. The Balaban J connectivity index is 0.00000127. The molecule has 2 heterocycles. The lowest BCUT2D eigenvalue weighted by Gasteiger charge is -2.14. The maximum atomic E-state index is 12.2. The molecule has 0 fully saturated rings. The van der Waals surface area contributed by atoms with E-state index in [-0.39, 0.29) is 16.8 Å². The molecule has 2 aromatic heterocycles. The van der Waals surface area contributed by atoms with E-state index in [0.29, 0.717) is 0 Å². The molecule has 0 aliphatic heterocycles. The summed E-state index contributed by atoms with van der Waals surface area (Å²) in [7, 11) is 0. The Morgan fingerprint density at radius 2 is 1.83 bits per heavy atom. The number of pyridine rings is 1. The van der Waals surface area contributed by atoms with Crippen LogP contribution in [0.3, 0.4) is 0 Å². The van der Waals surface area contributed by atoms with Gasteiger partial charge < -0.3 is 14.8 Å². The fraction of sp³-hybridized carbons (Fsp3) is 0.333. The molecule has 0 bridgehead atoms. The monoisotopic (exact) mass is 330 g/mol. The van der Waals surface area contributed by atoms with Crippen LogP contribution in [0.5, 0.6) is 5.75 Å². The lowest BCUT2D eigenvalue weighted by Crippen LogP contribution is -2.45. The Morgan fingerprint density at radius 1 is 1.22 bits per heavy atom. The van der Waals surface area contributed by atoms with Gasteiger partial charge in [0.15, 0.2) is 5.78 Å². The second-order valence-electron chi connectivity index (χ2n) is 4.44. The highest BCUT2D eigenvalue weighted by Crippen LogP contribution is 2.24. The SMILES string of the molecule is CC.CC(NC(=O)C(F)(F)F)C(=O)c1ccn2cccc(O)c12. The van der Waals surface area contributed by atoms with Gasteiger partial charge >= 0.3 is 12.1 Å². The Hall–Kier alpha value is -2.51. The van der Waals surface area contributed by atoms with E-state index in [1.165, 1.54) is 22.7 Å². The van der Waals surface area contributed by atoms with Gasteiger partial charge in [-0.3, -0.25) is 9.59 Å². The van der Waals surface area contributed by atoms with Crippen molar-refractivity contribution in [3.63, 3.8) is 0 Å². The van der Waals surface area contributed by atoms with Crippen molar-refractivity contribution >= 4 is 17.2 Å². The van der Waals surface area contributed by atoms with Crippen molar-refractivity contribution in [1.29, 1.82) is 0 Å². The van der Waals surface area contributed by atoms with E-state index in [4.69, 9.17) is 0 Å². The van der Waals surface area contributed by atoms with E-state index >= 15 is 0 Å². The highest BCUT2D eigenvalue weighted by Gasteiger charge is 2.40. The first-order valence-corrected chi connectivity index (χ1v) is 6.92. The van der Waals surface area contributed by atoms with Crippen molar-refractivity contribution in [2.75, 3.05) is 0 Å². The lowest BCUT2D eigenvalue weighted by atomic mass is 10.1. The Morgan fingerprint density at radius 3 is 2.39 bits per heavy atom. The molecule has 0 spiro atoms. The lowest BCUT2D eigenvalue weighted by molar-refractivity contribution is -0.173. The van der Waals surface area contributed by atoms with Crippen LogP contribution in [0.25, 0.3) is 5.52 Å². The summed E-state index contributed by atoms with van der Waals surface area (Å²) in [6.45, 7) is 5.15. The topological polar surface area (TPSA) is 70.8 Å². The Labute approximate surface area is 130 Å². The molecule has 2 N–H and O–H groups in total. The summed E-state index contributed by atoms with van der Waals surface area (Å²) in [5.74, 6) is -3.09. The minimum absolute atomic E-state index is 0.0306. The van der Waals surface area contributed by atoms with Gasteiger partial charge in [0, 0.05) is 18.0 Å². The zero-order valence-electron chi connectivity index (χ0n) is 12.8. The van der Waals surface area contributed by atoms with E-state index < -0.39 is 23.9 Å². The minimum Gasteiger partial charge on any atom is -0.506 e. The Bertz CT molecular complexity index is 708. The first-order valence-electron chi connectivity index (χ1n) is 6.92. The molecule has 126 valence electrons. The fourth-order valence-electron chi connectivity index (χ4n) is 1.92. The number of nitrogens with one attached hydrogen (secondary N) is 1. The number of carbonyl (C=O) groups excluding carboxylic acids is 2. The van der Waals surface area contributed by atoms with Crippen molar-refractivity contribution < 1.29 is 27.9 Å². The van der Waals surface area contributed by atoms with Crippen LogP contribution >= 0.6 is 0 Å². The molecule has 0 saturated heterocycles. The number of ketones is 1. The third-order valence-electron chi connectivity index (χ3n) is 2.92. The van der Waals surface area contributed by atoms with Crippen LogP contribution in [-0.4, -0.2) is 33.4 Å². The highest BCUT2D eigenvalue weighted by molar-refractivity contribution is 6.08. The van der Waals surface area contributed by atoms with Crippen LogP contribution in [0.4, 0.5) is 13.2 Å². The van der Waals surface area contributed by atoms with Crippen LogP contribution in [-0.2, 0) is 4.79 Å². The summed E-state index contributed by atoms with van der Waals surface area (Å²) in [4.78, 5) is 23.0. The van der Waals surface area contributed by atoms with Crippen LogP contribution < -0.4 is 5.32 Å². The van der Waals surface area contributed by atoms with E-state index in [0.717, 1.165) is 6.92 Å². The standard InChI is InChI=1S/C13H11F3N2O3.C2H6/c1-7(17-12(21)13(14,15)16)11(20)8-4-6-18-5-2-3-9(19)10(8)18;1-2/h2-7,19H,1H3,(H,17,21);1-2H3. The number of rotatable bonds is 3. The number of aromatic hydroxyl groups is 1. The maximum Gasteiger partial charge on any atom is 0.471 e. The summed E-state index contributed by atoms with van der Waals surface area (Å²) in [6, 6.07) is 2.90. The zero-order chi connectivity index (χ0) is 17.8. The van der Waals surface area contributed by atoms with E-state index in [1.807, 2.05) is 13.8 Å². The third kappa shape index (κ3) is 4.02. The molecule has 0 aliphatic carbocycles. The smallest absolute Gasteiger partial charge is 0.471 e. The van der Waals surface area contributed by atoms with Crippen LogP contribution in [0.1, 0.15) is 31.1 Å². The van der Waals surface area contributed by atoms with Crippen molar-refractivity contribution in [3.8, 4) is 5.75 Å². The van der Waals surface area contributed by atoms with Crippen LogP contribution in [0.2, 0.25) is 0 Å². The van der Waals surface area contributed by atoms with Gasteiger partial charge in [0.05, 0.1) is 11.6 Å². The van der Waals surface area contributed by atoms with Gasteiger partial charge in [-0.15, -0.1) is 0 Å². The van der Waals surface area contributed by atoms with E-state index in [1.54, 1.807) is 17.6 Å². The average Bonchev–Trinajstić information content (AvgIpc) is 2.92. The second-order valence-corrected chi connectivity index (χ2v) is 4.44.